The van der Waals surface area contributed by atoms with Crippen LogP contribution in [0.2, 0.25) is 0 Å². The topological polar surface area (TPSA) is 72.5 Å². The second-order valence-corrected chi connectivity index (χ2v) is 6.21. The molecule has 134 valence electrons. The molecule has 2 aromatic rings. The van der Waals surface area contributed by atoms with Gasteiger partial charge in [-0.2, -0.15) is 0 Å². The number of aromatic nitrogens is 1. The van der Waals surface area contributed by atoms with Crippen LogP contribution in [0.3, 0.4) is 0 Å². The number of methoxy groups -OCH3 is 1. The number of nitrogens with two attached hydrogens (primary N) is 1. The highest BCUT2D eigenvalue weighted by Crippen LogP contribution is 2.25. The fourth-order valence-electron chi connectivity index (χ4n) is 3.23. The minimum atomic E-state index is 0. The molecule has 1 aliphatic rings. The molecule has 0 bridgehead atoms. The summed E-state index contributed by atoms with van der Waals surface area (Å²) in [5.74, 6) is 1.26. The van der Waals surface area contributed by atoms with Crippen molar-refractivity contribution in [2.75, 3.05) is 12.4 Å². The third-order valence-electron chi connectivity index (χ3n) is 4.52. The predicted octanol–water partition coefficient (Wildman–Crippen LogP) is 3.74. The minimum Gasteiger partial charge on any atom is -0.496 e. The normalized spacial score (nSPS) is 13.2. The van der Waals surface area contributed by atoms with E-state index in [1.807, 2.05) is 13.8 Å². The maximum Gasteiger partial charge on any atom is 0.193 e. The lowest BCUT2D eigenvalue weighted by Gasteiger charge is -2.11. The zero-order valence-electron chi connectivity index (χ0n) is 14.9. The number of pyridine rings is 1. The van der Waals surface area contributed by atoms with Gasteiger partial charge in [0, 0.05) is 23.0 Å². The highest BCUT2D eigenvalue weighted by Gasteiger charge is 2.11. The number of guanidine groups is 1. The van der Waals surface area contributed by atoms with Crippen molar-refractivity contribution in [1.29, 1.82) is 0 Å². The van der Waals surface area contributed by atoms with E-state index in [-0.39, 0.29) is 24.0 Å². The number of aryl methyl sites for hydroxylation is 3. The molecule has 0 radical (unpaired) electrons. The molecule has 0 fully saturated rings. The van der Waals surface area contributed by atoms with Gasteiger partial charge in [0.15, 0.2) is 5.96 Å². The lowest BCUT2D eigenvalue weighted by atomic mass is 10.1. The molecule has 1 aromatic carbocycles. The molecule has 0 spiro atoms. The van der Waals surface area contributed by atoms with E-state index in [1.165, 1.54) is 24.0 Å². The Balaban J connectivity index is 0.00000225. The first-order valence-electron chi connectivity index (χ1n) is 8.26. The van der Waals surface area contributed by atoms with Crippen LogP contribution in [0, 0.1) is 13.8 Å². The Labute approximate surface area is 166 Å². The molecule has 1 heterocycles. The number of rotatable bonds is 4. The molecule has 1 aliphatic carbocycles. The van der Waals surface area contributed by atoms with Gasteiger partial charge < -0.3 is 15.8 Å². The van der Waals surface area contributed by atoms with Crippen LogP contribution in [0.25, 0.3) is 0 Å². The number of fused-ring (bicyclic) bond motifs is 1. The molecule has 0 atom stereocenters. The van der Waals surface area contributed by atoms with E-state index in [1.54, 1.807) is 13.3 Å². The zero-order valence-corrected chi connectivity index (χ0v) is 17.3. The SMILES string of the molecule is COc1c(C)cnc(CN=C(N)Nc2ccc3c(c2)CCC3)c1C.I. The van der Waals surface area contributed by atoms with E-state index >= 15 is 0 Å². The number of hydrogen-bond acceptors (Lipinski definition) is 3. The summed E-state index contributed by atoms with van der Waals surface area (Å²) in [4.78, 5) is 8.86. The Morgan fingerprint density at radius 1 is 1.28 bits per heavy atom. The first-order chi connectivity index (χ1) is 11.6. The Kier molecular flexibility index (Phi) is 6.64. The van der Waals surface area contributed by atoms with Crippen molar-refractivity contribution in [3.63, 3.8) is 0 Å². The average Bonchev–Trinajstić information content (AvgIpc) is 3.02. The molecule has 0 aliphatic heterocycles. The van der Waals surface area contributed by atoms with Crippen LogP contribution in [0.5, 0.6) is 5.75 Å². The lowest BCUT2D eigenvalue weighted by Crippen LogP contribution is -2.22. The predicted molar refractivity (Wildman–Crippen MR) is 113 cm³/mol. The number of nitrogens with zero attached hydrogens (tertiary/aromatic N) is 2. The highest BCUT2D eigenvalue weighted by atomic mass is 127. The quantitative estimate of drug-likeness (QED) is 0.421. The van der Waals surface area contributed by atoms with Crippen LogP contribution in [0.1, 0.15) is 34.4 Å². The average molecular weight is 452 g/mol. The summed E-state index contributed by atoms with van der Waals surface area (Å²) >= 11 is 0. The molecule has 5 nitrogen and oxygen atoms in total. The maximum absolute atomic E-state index is 6.03. The summed E-state index contributed by atoms with van der Waals surface area (Å²) in [6, 6.07) is 6.41. The van der Waals surface area contributed by atoms with Gasteiger partial charge in [0.2, 0.25) is 0 Å². The number of nitrogens with one attached hydrogen (secondary N) is 1. The van der Waals surface area contributed by atoms with E-state index in [0.29, 0.717) is 12.5 Å². The van der Waals surface area contributed by atoms with Crippen LogP contribution in [0.4, 0.5) is 5.69 Å². The number of ether oxygens (including phenoxy) is 1. The monoisotopic (exact) mass is 452 g/mol. The third kappa shape index (κ3) is 4.42. The van der Waals surface area contributed by atoms with Crippen LogP contribution < -0.4 is 15.8 Å². The van der Waals surface area contributed by atoms with Crippen molar-refractivity contribution in [3.05, 3.63) is 52.3 Å². The van der Waals surface area contributed by atoms with Crippen LogP contribution >= 0.6 is 24.0 Å². The van der Waals surface area contributed by atoms with Crippen LogP contribution in [0.15, 0.2) is 29.4 Å². The summed E-state index contributed by atoms with van der Waals surface area (Å²) in [6.45, 7) is 4.40. The van der Waals surface area contributed by atoms with Gasteiger partial charge in [0.25, 0.3) is 0 Å². The van der Waals surface area contributed by atoms with Crippen molar-refractivity contribution in [3.8, 4) is 5.75 Å². The summed E-state index contributed by atoms with van der Waals surface area (Å²) in [7, 11) is 1.67. The first-order valence-corrected chi connectivity index (χ1v) is 8.26. The fourth-order valence-corrected chi connectivity index (χ4v) is 3.23. The van der Waals surface area contributed by atoms with Crippen LogP contribution in [-0.4, -0.2) is 18.1 Å². The number of anilines is 1. The summed E-state index contributed by atoms with van der Waals surface area (Å²) in [6.07, 6.45) is 5.37. The Hall–Kier alpha value is -1.83. The van der Waals surface area contributed by atoms with E-state index in [4.69, 9.17) is 10.5 Å². The van der Waals surface area contributed by atoms with Gasteiger partial charge in [0.05, 0.1) is 19.3 Å². The molecular weight excluding hydrogens is 427 g/mol. The number of benzene rings is 1. The molecule has 25 heavy (non-hydrogen) atoms. The highest BCUT2D eigenvalue weighted by molar-refractivity contribution is 14.0. The van der Waals surface area contributed by atoms with Gasteiger partial charge >= 0.3 is 0 Å². The fraction of sp³-hybridized carbons (Fsp3) is 0.368. The van der Waals surface area contributed by atoms with Crippen LogP contribution in [-0.2, 0) is 19.4 Å². The Bertz CT molecular complexity index is 789. The van der Waals surface area contributed by atoms with Crippen molar-refractivity contribution < 1.29 is 4.74 Å². The standard InChI is InChI=1S/C19H24N4O.HI/c1-12-10-21-17(13(2)18(12)24-3)11-22-19(20)23-16-8-7-14-5-4-6-15(14)9-16;/h7-10H,4-6,11H2,1-3H3,(H3,20,22,23);1H. The van der Waals surface area contributed by atoms with E-state index in [9.17, 15) is 0 Å². The van der Waals surface area contributed by atoms with Gasteiger partial charge in [-0.1, -0.05) is 6.07 Å². The summed E-state index contributed by atoms with van der Waals surface area (Å²) < 4.78 is 5.43. The molecule has 6 heteroatoms. The molecule has 0 saturated heterocycles. The van der Waals surface area contributed by atoms with Crippen molar-refractivity contribution in [2.45, 2.75) is 39.7 Å². The van der Waals surface area contributed by atoms with Gasteiger partial charge in [0.1, 0.15) is 5.75 Å². The van der Waals surface area contributed by atoms with Crippen molar-refractivity contribution in [1.82, 2.24) is 4.98 Å². The van der Waals surface area contributed by atoms with E-state index in [0.717, 1.165) is 34.7 Å². The maximum atomic E-state index is 6.03. The molecule has 0 unspecified atom stereocenters. The van der Waals surface area contributed by atoms with Crippen molar-refractivity contribution in [2.24, 2.45) is 10.7 Å². The molecule has 3 rings (SSSR count). The van der Waals surface area contributed by atoms with E-state index < -0.39 is 0 Å². The molecule has 0 amide bonds. The second kappa shape index (κ2) is 8.51. The molecule has 3 N–H and O–H groups in total. The zero-order chi connectivity index (χ0) is 17.1. The second-order valence-electron chi connectivity index (χ2n) is 6.21. The summed E-state index contributed by atoms with van der Waals surface area (Å²) in [5.41, 5.74) is 12.8. The third-order valence-corrected chi connectivity index (χ3v) is 4.52. The molecule has 1 aromatic heterocycles. The smallest absolute Gasteiger partial charge is 0.193 e. The largest absolute Gasteiger partial charge is 0.496 e. The Morgan fingerprint density at radius 3 is 2.80 bits per heavy atom. The van der Waals surface area contributed by atoms with Gasteiger partial charge in [-0.25, -0.2) is 4.99 Å². The first kappa shape index (κ1) is 19.5. The van der Waals surface area contributed by atoms with Gasteiger partial charge in [-0.15, -0.1) is 24.0 Å². The van der Waals surface area contributed by atoms with Gasteiger partial charge in [-0.05, 0) is 56.4 Å². The summed E-state index contributed by atoms with van der Waals surface area (Å²) in [5, 5.41) is 3.17. The minimum absolute atomic E-state index is 0. The lowest BCUT2D eigenvalue weighted by molar-refractivity contribution is 0.407. The van der Waals surface area contributed by atoms with Gasteiger partial charge in [-0.3, -0.25) is 4.98 Å². The Morgan fingerprint density at radius 2 is 2.04 bits per heavy atom. The van der Waals surface area contributed by atoms with E-state index in [2.05, 4.69) is 33.5 Å². The molecular formula is C19H25IN4O. The molecule has 0 saturated carbocycles. The van der Waals surface area contributed by atoms with Crippen molar-refractivity contribution >= 4 is 35.6 Å². The number of halogens is 1. The number of aliphatic imine (C=N–C) groups is 1. The number of hydrogen-bond donors (Lipinski definition) is 2.